The molecule has 6 heteroatoms. The predicted octanol–water partition coefficient (Wildman–Crippen LogP) is 5.22. The first kappa shape index (κ1) is 20.0. The number of aromatic nitrogens is 1. The minimum Gasteiger partial charge on any atom is -0.341 e. The predicted molar refractivity (Wildman–Crippen MR) is 122 cm³/mol. The number of hydrogen-bond acceptors (Lipinski definition) is 2. The van der Waals surface area contributed by atoms with Gasteiger partial charge in [-0.05, 0) is 62.4 Å². The number of hydrogen-bond donors (Lipinski definition) is 2. The molecule has 3 aromatic carbocycles. The molecule has 0 saturated heterocycles. The maximum absolute atomic E-state index is 12.6. The molecule has 4 aromatic rings. The van der Waals surface area contributed by atoms with Gasteiger partial charge in [0.05, 0.1) is 0 Å². The average molecular weight is 420 g/mol. The van der Waals surface area contributed by atoms with E-state index in [2.05, 4.69) is 34.3 Å². The third-order valence-corrected chi connectivity index (χ3v) is 5.46. The van der Waals surface area contributed by atoms with Crippen LogP contribution in [0.2, 0.25) is 5.02 Å². The van der Waals surface area contributed by atoms with E-state index in [-0.39, 0.29) is 11.8 Å². The molecule has 2 amide bonds. The number of rotatable bonds is 5. The van der Waals surface area contributed by atoms with Crippen LogP contribution in [0, 0.1) is 0 Å². The van der Waals surface area contributed by atoms with Gasteiger partial charge in [0.2, 0.25) is 5.91 Å². The van der Waals surface area contributed by atoms with Crippen molar-refractivity contribution in [3.63, 3.8) is 0 Å². The molecule has 5 nitrogen and oxygen atoms in total. The lowest BCUT2D eigenvalue weighted by atomic mass is 10.1. The van der Waals surface area contributed by atoms with Gasteiger partial charge in [0.1, 0.15) is 6.04 Å². The quantitative estimate of drug-likeness (QED) is 0.465. The first-order valence-electron chi connectivity index (χ1n) is 9.86. The van der Waals surface area contributed by atoms with Gasteiger partial charge in [-0.1, -0.05) is 29.8 Å². The largest absolute Gasteiger partial charge is 0.341 e. The summed E-state index contributed by atoms with van der Waals surface area (Å²) in [7, 11) is 0. The van der Waals surface area contributed by atoms with Gasteiger partial charge in [-0.15, -0.1) is 0 Å². The molecule has 30 heavy (non-hydrogen) atoms. The van der Waals surface area contributed by atoms with E-state index in [1.807, 2.05) is 30.3 Å². The zero-order valence-corrected chi connectivity index (χ0v) is 17.5. The fourth-order valence-corrected chi connectivity index (χ4v) is 3.80. The Morgan fingerprint density at radius 1 is 0.967 bits per heavy atom. The van der Waals surface area contributed by atoms with E-state index in [9.17, 15) is 9.59 Å². The lowest BCUT2D eigenvalue weighted by molar-refractivity contribution is -0.117. The molecule has 0 radical (unpaired) electrons. The van der Waals surface area contributed by atoms with Gasteiger partial charge in [-0.25, -0.2) is 0 Å². The number of carbonyl (C=O) groups is 2. The zero-order valence-electron chi connectivity index (χ0n) is 16.8. The molecule has 1 atom stereocenters. The van der Waals surface area contributed by atoms with Crippen LogP contribution in [-0.2, 0) is 11.3 Å². The Balaban J connectivity index is 1.53. The summed E-state index contributed by atoms with van der Waals surface area (Å²) in [4.78, 5) is 25.0. The highest BCUT2D eigenvalue weighted by atomic mass is 35.5. The molecule has 0 unspecified atom stereocenters. The summed E-state index contributed by atoms with van der Waals surface area (Å²) < 4.78 is 2.26. The molecular weight excluding hydrogens is 398 g/mol. The molecule has 4 rings (SSSR count). The molecule has 152 valence electrons. The molecular formula is C24H22ClN3O2. The number of carbonyl (C=O) groups excluding carboxylic acids is 2. The number of fused-ring (bicyclic) bond motifs is 3. The smallest absolute Gasteiger partial charge is 0.251 e. The van der Waals surface area contributed by atoms with E-state index in [1.165, 1.54) is 5.52 Å². The van der Waals surface area contributed by atoms with Gasteiger partial charge >= 0.3 is 0 Å². The maximum atomic E-state index is 12.6. The lowest BCUT2D eigenvalue weighted by Crippen LogP contribution is -2.41. The second-order valence-electron chi connectivity index (χ2n) is 7.18. The topological polar surface area (TPSA) is 63.1 Å². The summed E-state index contributed by atoms with van der Waals surface area (Å²) in [5.74, 6) is -0.605. The second-order valence-corrected chi connectivity index (χ2v) is 7.62. The van der Waals surface area contributed by atoms with Gasteiger partial charge in [0, 0.05) is 44.6 Å². The number of amides is 2. The number of nitrogens with one attached hydrogen (secondary N) is 2. The molecule has 0 spiro atoms. The van der Waals surface area contributed by atoms with Gasteiger partial charge in [-0.2, -0.15) is 0 Å². The second kappa shape index (κ2) is 8.20. The summed E-state index contributed by atoms with van der Waals surface area (Å²) in [6.45, 7) is 4.64. The van der Waals surface area contributed by atoms with Gasteiger partial charge < -0.3 is 15.2 Å². The van der Waals surface area contributed by atoms with Crippen LogP contribution in [0.5, 0.6) is 0 Å². The molecule has 0 aliphatic rings. The van der Waals surface area contributed by atoms with E-state index in [0.717, 1.165) is 22.8 Å². The minimum atomic E-state index is -0.694. The minimum absolute atomic E-state index is 0.282. The van der Waals surface area contributed by atoms with Crippen LogP contribution in [-0.4, -0.2) is 22.4 Å². The molecule has 1 heterocycles. The number of benzene rings is 3. The first-order valence-corrected chi connectivity index (χ1v) is 10.2. The van der Waals surface area contributed by atoms with E-state index >= 15 is 0 Å². The van der Waals surface area contributed by atoms with Crippen molar-refractivity contribution in [3.8, 4) is 0 Å². The maximum Gasteiger partial charge on any atom is 0.251 e. The summed E-state index contributed by atoms with van der Waals surface area (Å²) in [5.41, 5.74) is 3.44. The van der Waals surface area contributed by atoms with E-state index < -0.39 is 6.04 Å². The monoisotopic (exact) mass is 419 g/mol. The Morgan fingerprint density at radius 3 is 2.40 bits per heavy atom. The van der Waals surface area contributed by atoms with Crippen LogP contribution < -0.4 is 10.6 Å². The molecule has 0 aliphatic carbocycles. The van der Waals surface area contributed by atoms with Crippen molar-refractivity contribution in [2.75, 3.05) is 5.32 Å². The van der Waals surface area contributed by atoms with Crippen LogP contribution in [0.1, 0.15) is 24.2 Å². The number of halogens is 1. The standard InChI is InChI=1S/C24H22ClN3O2/c1-3-28-21-7-5-4-6-19(21)20-14-18(12-13-22(20)28)27-23(29)15(2)26-24(30)16-8-10-17(25)11-9-16/h4-15H,3H2,1-2H3,(H,26,30)(H,27,29)/t15-/m1/s1. The van der Waals surface area contributed by atoms with Crippen molar-refractivity contribution in [1.82, 2.24) is 9.88 Å². The average Bonchev–Trinajstić information content (AvgIpc) is 3.07. The fourth-order valence-electron chi connectivity index (χ4n) is 3.67. The highest BCUT2D eigenvalue weighted by molar-refractivity contribution is 6.30. The number of para-hydroxylation sites is 1. The van der Waals surface area contributed by atoms with Crippen molar-refractivity contribution < 1.29 is 9.59 Å². The van der Waals surface area contributed by atoms with Crippen LogP contribution in [0.15, 0.2) is 66.7 Å². The van der Waals surface area contributed by atoms with Crippen molar-refractivity contribution in [3.05, 3.63) is 77.3 Å². The first-order chi connectivity index (χ1) is 14.5. The molecule has 2 N–H and O–H groups in total. The Morgan fingerprint density at radius 2 is 1.67 bits per heavy atom. The summed E-state index contributed by atoms with van der Waals surface area (Å²) in [6, 6.07) is 20.0. The van der Waals surface area contributed by atoms with Crippen LogP contribution in [0.4, 0.5) is 5.69 Å². The SMILES string of the molecule is CCn1c2ccccc2c2cc(NC(=O)[C@@H](C)NC(=O)c3ccc(Cl)cc3)ccc21. The Hall–Kier alpha value is -3.31. The summed E-state index contributed by atoms with van der Waals surface area (Å²) in [6.07, 6.45) is 0. The number of aryl methyl sites for hydroxylation is 1. The Bertz CT molecular complexity index is 1240. The Kier molecular flexibility index (Phi) is 5.46. The van der Waals surface area contributed by atoms with Crippen molar-refractivity contribution in [1.29, 1.82) is 0 Å². The normalized spacial score (nSPS) is 12.1. The van der Waals surface area contributed by atoms with Gasteiger partial charge in [-0.3, -0.25) is 9.59 Å². The van der Waals surface area contributed by atoms with E-state index in [0.29, 0.717) is 16.3 Å². The third-order valence-electron chi connectivity index (χ3n) is 5.20. The van der Waals surface area contributed by atoms with Crippen LogP contribution >= 0.6 is 11.6 Å². The fraction of sp³-hybridized carbons (Fsp3) is 0.167. The Labute approximate surface area is 179 Å². The van der Waals surface area contributed by atoms with Gasteiger partial charge in [0.25, 0.3) is 5.91 Å². The summed E-state index contributed by atoms with van der Waals surface area (Å²) in [5, 5.41) is 8.41. The number of nitrogens with zero attached hydrogens (tertiary/aromatic N) is 1. The van der Waals surface area contributed by atoms with Crippen molar-refractivity contribution in [2.45, 2.75) is 26.4 Å². The highest BCUT2D eigenvalue weighted by Crippen LogP contribution is 2.31. The molecule has 0 fully saturated rings. The third kappa shape index (κ3) is 3.76. The number of anilines is 1. The molecule has 1 aromatic heterocycles. The van der Waals surface area contributed by atoms with Crippen LogP contribution in [0.3, 0.4) is 0 Å². The van der Waals surface area contributed by atoms with E-state index in [4.69, 9.17) is 11.6 Å². The summed E-state index contributed by atoms with van der Waals surface area (Å²) >= 11 is 5.85. The molecule has 0 bridgehead atoms. The zero-order chi connectivity index (χ0) is 21.3. The molecule has 0 aliphatic heterocycles. The van der Waals surface area contributed by atoms with E-state index in [1.54, 1.807) is 31.2 Å². The lowest BCUT2D eigenvalue weighted by Gasteiger charge is -2.14. The highest BCUT2D eigenvalue weighted by Gasteiger charge is 2.17. The van der Waals surface area contributed by atoms with Crippen molar-refractivity contribution >= 4 is 50.9 Å². The van der Waals surface area contributed by atoms with Crippen LogP contribution in [0.25, 0.3) is 21.8 Å². The van der Waals surface area contributed by atoms with Crippen molar-refractivity contribution in [2.24, 2.45) is 0 Å². The molecule has 0 saturated carbocycles. The van der Waals surface area contributed by atoms with Gasteiger partial charge in [0.15, 0.2) is 0 Å².